The van der Waals surface area contributed by atoms with Gasteiger partial charge < -0.3 is 15.3 Å². The summed E-state index contributed by atoms with van der Waals surface area (Å²) in [7, 11) is 0. The second-order valence-electron chi connectivity index (χ2n) is 8.84. The molecule has 3 saturated carbocycles. The van der Waals surface area contributed by atoms with Gasteiger partial charge in [-0.1, -0.05) is 6.92 Å². The van der Waals surface area contributed by atoms with Crippen LogP contribution in [0.5, 0.6) is 0 Å². The van der Waals surface area contributed by atoms with Gasteiger partial charge in [0.05, 0.1) is 23.2 Å². The number of rotatable bonds is 0. The molecule has 5 heteroatoms. The maximum Gasteiger partial charge on any atom is 0.159 e. The molecule has 0 amide bonds. The van der Waals surface area contributed by atoms with E-state index < -0.39 is 28.6 Å². The first kappa shape index (κ1) is 16.4. The van der Waals surface area contributed by atoms with Gasteiger partial charge >= 0.3 is 0 Å². The molecule has 0 bridgehead atoms. The standard InChI is InChI=1S/C19H26O5/c1-17-9-15(22)14(21)8-12(17)13(20)7-11-10(17)3-5-18(2)16(23)4-6-19(11,18)24/h7,10,12,14-15,21-22,24H,3-6,8-9H2,1-2H3/t10-,12+,14-,15+,17-,18-,19-/m1/s1. The zero-order valence-corrected chi connectivity index (χ0v) is 14.3. The Labute approximate surface area is 141 Å². The molecule has 0 radical (unpaired) electrons. The molecule has 0 aliphatic heterocycles. The van der Waals surface area contributed by atoms with Gasteiger partial charge in [-0.05, 0) is 62.0 Å². The lowest BCUT2D eigenvalue weighted by molar-refractivity contribution is -0.154. The molecule has 7 atom stereocenters. The van der Waals surface area contributed by atoms with Crippen LogP contribution in [0.4, 0.5) is 0 Å². The van der Waals surface area contributed by atoms with Crippen LogP contribution in [0.3, 0.4) is 0 Å². The first-order valence-corrected chi connectivity index (χ1v) is 9.01. The normalized spacial score (nSPS) is 54.0. The molecule has 0 aromatic heterocycles. The van der Waals surface area contributed by atoms with Crippen LogP contribution in [0.2, 0.25) is 0 Å². The Morgan fingerprint density at radius 2 is 1.79 bits per heavy atom. The highest BCUT2D eigenvalue weighted by atomic mass is 16.3. The SMILES string of the molecule is C[C@]12C[C@H](O)[C@H](O)C[C@H]1C(=O)C=C1[C@H]2CC[C@]2(C)C(=O)CC[C@@]12O. The number of allylic oxidation sites excluding steroid dienone is 1. The van der Waals surface area contributed by atoms with Crippen molar-refractivity contribution in [2.75, 3.05) is 0 Å². The molecule has 5 nitrogen and oxygen atoms in total. The molecular formula is C19H26O5. The van der Waals surface area contributed by atoms with Crippen LogP contribution >= 0.6 is 0 Å². The van der Waals surface area contributed by atoms with Crippen molar-refractivity contribution in [1.29, 1.82) is 0 Å². The van der Waals surface area contributed by atoms with E-state index in [9.17, 15) is 24.9 Å². The Bertz CT molecular complexity index is 654. The molecule has 0 aromatic carbocycles. The number of carbonyl (C=O) groups excluding carboxylic acids is 2. The van der Waals surface area contributed by atoms with Crippen LogP contribution in [0, 0.1) is 22.7 Å². The van der Waals surface area contributed by atoms with Crippen LogP contribution in [-0.4, -0.2) is 44.7 Å². The zero-order chi connectivity index (χ0) is 17.5. The van der Waals surface area contributed by atoms with Crippen LogP contribution in [0.1, 0.15) is 52.4 Å². The van der Waals surface area contributed by atoms with Gasteiger partial charge in [0.2, 0.25) is 0 Å². The third kappa shape index (κ3) is 1.76. The fraction of sp³-hybridized carbons (Fsp3) is 0.789. The molecule has 24 heavy (non-hydrogen) atoms. The highest BCUT2D eigenvalue weighted by molar-refractivity contribution is 5.96. The third-order valence-electron chi connectivity index (χ3n) is 7.83. The third-order valence-corrected chi connectivity index (χ3v) is 7.83. The predicted molar refractivity (Wildman–Crippen MR) is 86.0 cm³/mol. The van der Waals surface area contributed by atoms with E-state index in [0.29, 0.717) is 31.3 Å². The summed E-state index contributed by atoms with van der Waals surface area (Å²) in [6, 6.07) is 0. The van der Waals surface area contributed by atoms with Crippen molar-refractivity contribution in [2.24, 2.45) is 22.7 Å². The van der Waals surface area contributed by atoms with Gasteiger partial charge in [0.1, 0.15) is 5.78 Å². The van der Waals surface area contributed by atoms with E-state index >= 15 is 0 Å². The fourth-order valence-corrected chi connectivity index (χ4v) is 6.14. The Kier molecular flexibility index (Phi) is 3.27. The van der Waals surface area contributed by atoms with Crippen molar-refractivity contribution in [1.82, 2.24) is 0 Å². The first-order valence-electron chi connectivity index (χ1n) is 9.01. The van der Waals surface area contributed by atoms with Gasteiger partial charge in [0.15, 0.2) is 5.78 Å². The first-order chi connectivity index (χ1) is 11.1. The predicted octanol–water partition coefficient (Wildman–Crippen LogP) is 1.14. The lowest BCUT2D eigenvalue weighted by atomic mass is 9.47. The number of ketones is 2. The second-order valence-corrected chi connectivity index (χ2v) is 8.84. The molecule has 3 N–H and O–H groups in total. The van der Waals surface area contributed by atoms with E-state index in [4.69, 9.17) is 0 Å². The van der Waals surface area contributed by atoms with E-state index in [1.807, 2.05) is 13.8 Å². The summed E-state index contributed by atoms with van der Waals surface area (Å²) < 4.78 is 0. The minimum Gasteiger partial charge on any atom is -0.390 e. The van der Waals surface area contributed by atoms with Crippen LogP contribution < -0.4 is 0 Å². The monoisotopic (exact) mass is 334 g/mol. The number of fused-ring (bicyclic) bond motifs is 5. The number of aliphatic hydroxyl groups excluding tert-OH is 2. The lowest BCUT2D eigenvalue weighted by Crippen LogP contribution is -2.60. The second kappa shape index (κ2) is 4.77. The highest BCUT2D eigenvalue weighted by Crippen LogP contribution is 2.64. The topological polar surface area (TPSA) is 94.8 Å². The van der Waals surface area contributed by atoms with Crippen LogP contribution in [0.25, 0.3) is 0 Å². The number of carbonyl (C=O) groups is 2. The van der Waals surface area contributed by atoms with Gasteiger partial charge in [-0.15, -0.1) is 0 Å². The summed E-state index contributed by atoms with van der Waals surface area (Å²) in [5.74, 6) is -0.337. The van der Waals surface area contributed by atoms with E-state index in [1.54, 1.807) is 6.08 Å². The molecule has 0 aromatic rings. The molecule has 4 rings (SSSR count). The quantitative estimate of drug-likeness (QED) is 0.618. The van der Waals surface area contributed by atoms with Gasteiger partial charge in [0.25, 0.3) is 0 Å². The molecule has 0 unspecified atom stereocenters. The summed E-state index contributed by atoms with van der Waals surface area (Å²) in [6.07, 6.45) is 2.56. The van der Waals surface area contributed by atoms with Crippen molar-refractivity contribution in [3.05, 3.63) is 11.6 Å². The molecular weight excluding hydrogens is 308 g/mol. The minimum absolute atomic E-state index is 0.0219. The van der Waals surface area contributed by atoms with Crippen LogP contribution in [-0.2, 0) is 9.59 Å². The number of Topliss-reactive ketones (excluding diaryl/α,β-unsaturated/α-hetero) is 1. The summed E-state index contributed by atoms with van der Waals surface area (Å²) in [5, 5.41) is 31.6. The summed E-state index contributed by atoms with van der Waals surface area (Å²) >= 11 is 0. The molecule has 0 heterocycles. The van der Waals surface area contributed by atoms with E-state index in [2.05, 4.69) is 0 Å². The Morgan fingerprint density at radius 1 is 1.08 bits per heavy atom. The maximum absolute atomic E-state index is 12.8. The van der Waals surface area contributed by atoms with Gasteiger partial charge in [-0.2, -0.15) is 0 Å². The summed E-state index contributed by atoms with van der Waals surface area (Å²) in [6.45, 7) is 3.84. The number of hydrogen-bond donors (Lipinski definition) is 3. The van der Waals surface area contributed by atoms with Crippen molar-refractivity contribution in [3.8, 4) is 0 Å². The lowest BCUT2D eigenvalue weighted by Gasteiger charge is -2.58. The molecule has 0 spiro atoms. The Balaban J connectivity index is 1.83. The molecule has 4 aliphatic rings. The fourth-order valence-electron chi connectivity index (χ4n) is 6.14. The largest absolute Gasteiger partial charge is 0.390 e. The molecule has 3 fully saturated rings. The van der Waals surface area contributed by atoms with Crippen molar-refractivity contribution in [2.45, 2.75) is 70.2 Å². The van der Waals surface area contributed by atoms with Gasteiger partial charge in [-0.3, -0.25) is 9.59 Å². The van der Waals surface area contributed by atoms with E-state index in [-0.39, 0.29) is 29.8 Å². The average Bonchev–Trinajstić information content (AvgIpc) is 2.75. The maximum atomic E-state index is 12.8. The van der Waals surface area contributed by atoms with Crippen molar-refractivity contribution < 1.29 is 24.9 Å². The van der Waals surface area contributed by atoms with E-state index in [0.717, 1.165) is 6.42 Å². The Morgan fingerprint density at radius 3 is 2.50 bits per heavy atom. The smallest absolute Gasteiger partial charge is 0.159 e. The van der Waals surface area contributed by atoms with Crippen LogP contribution in [0.15, 0.2) is 11.6 Å². The number of hydrogen-bond acceptors (Lipinski definition) is 5. The van der Waals surface area contributed by atoms with Crippen molar-refractivity contribution in [3.63, 3.8) is 0 Å². The summed E-state index contributed by atoms with van der Waals surface area (Å²) in [5.41, 5.74) is -1.80. The van der Waals surface area contributed by atoms with E-state index in [1.165, 1.54) is 0 Å². The number of aliphatic hydroxyl groups is 3. The highest BCUT2D eigenvalue weighted by Gasteiger charge is 2.66. The molecule has 132 valence electrons. The molecule has 4 aliphatic carbocycles. The minimum atomic E-state index is -1.24. The zero-order valence-electron chi connectivity index (χ0n) is 14.3. The van der Waals surface area contributed by atoms with Gasteiger partial charge in [-0.25, -0.2) is 0 Å². The Hall–Kier alpha value is -1.04. The van der Waals surface area contributed by atoms with Gasteiger partial charge in [0, 0.05) is 12.3 Å². The molecule has 0 saturated heterocycles. The van der Waals surface area contributed by atoms with Crippen molar-refractivity contribution >= 4 is 11.6 Å². The summed E-state index contributed by atoms with van der Waals surface area (Å²) in [4.78, 5) is 25.2. The average molecular weight is 334 g/mol.